The van der Waals surface area contributed by atoms with Crippen LogP contribution in [0.25, 0.3) is 0 Å². The molecule has 0 saturated carbocycles. The van der Waals surface area contributed by atoms with Crippen LogP contribution in [0.4, 0.5) is 5.69 Å². The summed E-state index contributed by atoms with van der Waals surface area (Å²) in [6.07, 6.45) is 3.54. The number of aryl methyl sites for hydroxylation is 2. The Morgan fingerprint density at radius 1 is 0.955 bits per heavy atom. The van der Waals surface area contributed by atoms with E-state index < -0.39 is 0 Å². The largest absolute Gasteiger partial charge is 0.330 e. The highest BCUT2D eigenvalue weighted by Crippen LogP contribution is 2.14. The van der Waals surface area contributed by atoms with Crippen molar-refractivity contribution in [2.45, 2.75) is 25.7 Å². The highest BCUT2D eigenvalue weighted by atomic mass is 35.5. The number of carbonyl (C=O) groups is 1. The topological polar surface area (TPSA) is 55.1 Å². The van der Waals surface area contributed by atoms with E-state index in [2.05, 4.69) is 35.6 Å². The fraction of sp³-hybridized carbons (Fsp3) is 0.278. The van der Waals surface area contributed by atoms with Crippen LogP contribution >= 0.6 is 12.4 Å². The molecule has 3 N–H and O–H groups in total. The van der Waals surface area contributed by atoms with Gasteiger partial charge in [-0.3, -0.25) is 4.79 Å². The highest BCUT2D eigenvalue weighted by Gasteiger charge is 2.02. The molecule has 0 aromatic heterocycles. The van der Waals surface area contributed by atoms with Crippen LogP contribution in [-0.2, 0) is 17.6 Å². The molecule has 0 aliphatic carbocycles. The van der Waals surface area contributed by atoms with Gasteiger partial charge in [-0.15, -0.1) is 12.4 Å². The van der Waals surface area contributed by atoms with Crippen LogP contribution in [0.2, 0.25) is 0 Å². The second kappa shape index (κ2) is 9.98. The second-order valence-electron chi connectivity index (χ2n) is 5.13. The number of rotatable bonds is 7. The molecule has 0 atom stereocenters. The average Bonchev–Trinajstić information content (AvgIpc) is 2.49. The lowest BCUT2D eigenvalue weighted by molar-refractivity contribution is -0.116. The van der Waals surface area contributed by atoms with Crippen LogP contribution in [0.15, 0.2) is 54.6 Å². The quantitative estimate of drug-likeness (QED) is 0.820. The van der Waals surface area contributed by atoms with Crippen molar-refractivity contribution >= 4 is 24.0 Å². The first-order valence-corrected chi connectivity index (χ1v) is 7.41. The van der Waals surface area contributed by atoms with E-state index in [0.717, 1.165) is 24.9 Å². The summed E-state index contributed by atoms with van der Waals surface area (Å²) in [7, 11) is 0. The predicted molar refractivity (Wildman–Crippen MR) is 94.5 cm³/mol. The molecule has 22 heavy (non-hydrogen) atoms. The molecular weight excluding hydrogens is 296 g/mol. The predicted octanol–water partition coefficient (Wildman–Crippen LogP) is 3.57. The van der Waals surface area contributed by atoms with Crippen molar-refractivity contribution in [3.8, 4) is 0 Å². The summed E-state index contributed by atoms with van der Waals surface area (Å²) >= 11 is 0. The fourth-order valence-electron chi connectivity index (χ4n) is 2.30. The Morgan fingerprint density at radius 2 is 1.64 bits per heavy atom. The summed E-state index contributed by atoms with van der Waals surface area (Å²) in [4.78, 5) is 11.5. The Kier molecular flexibility index (Phi) is 8.26. The molecule has 2 aromatic carbocycles. The molecular formula is C18H23ClN2O. The van der Waals surface area contributed by atoms with Gasteiger partial charge < -0.3 is 11.1 Å². The van der Waals surface area contributed by atoms with Gasteiger partial charge in [0.15, 0.2) is 0 Å². The molecule has 2 rings (SSSR count). The van der Waals surface area contributed by atoms with Gasteiger partial charge in [-0.05, 0) is 42.5 Å². The lowest BCUT2D eigenvalue weighted by Gasteiger charge is -2.07. The number of amides is 1. The minimum atomic E-state index is -0.0288. The van der Waals surface area contributed by atoms with E-state index in [1.807, 2.05) is 24.3 Å². The first-order valence-electron chi connectivity index (χ1n) is 7.41. The average molecular weight is 319 g/mol. The van der Waals surface area contributed by atoms with E-state index in [1.54, 1.807) is 0 Å². The van der Waals surface area contributed by atoms with Gasteiger partial charge in [0.05, 0.1) is 0 Å². The van der Waals surface area contributed by atoms with Gasteiger partial charge >= 0.3 is 0 Å². The van der Waals surface area contributed by atoms with Gasteiger partial charge in [-0.1, -0.05) is 42.5 Å². The third-order valence-electron chi connectivity index (χ3n) is 3.36. The number of nitrogens with two attached hydrogens (primary N) is 1. The van der Waals surface area contributed by atoms with E-state index in [1.165, 1.54) is 11.1 Å². The van der Waals surface area contributed by atoms with E-state index >= 15 is 0 Å². The van der Waals surface area contributed by atoms with Gasteiger partial charge in [0.1, 0.15) is 0 Å². The summed E-state index contributed by atoms with van der Waals surface area (Å²) in [5.74, 6) is -0.0288. The van der Waals surface area contributed by atoms with E-state index in [0.29, 0.717) is 13.0 Å². The Bertz CT molecular complexity index is 572. The Balaban J connectivity index is 0.00000242. The minimum Gasteiger partial charge on any atom is -0.330 e. The molecule has 2 aromatic rings. The maximum absolute atomic E-state index is 11.5. The van der Waals surface area contributed by atoms with Crippen molar-refractivity contribution in [2.24, 2.45) is 5.73 Å². The standard InChI is InChI=1S/C18H22N2O.ClH/c19-13-12-18(21)20-17-11-5-10-16(14-17)9-4-8-15-6-2-1-3-7-15;/h1-3,5-7,10-11,14H,4,8-9,12-13,19H2,(H,20,21);1H. The van der Waals surface area contributed by atoms with Gasteiger partial charge in [-0.2, -0.15) is 0 Å². The first kappa shape index (κ1) is 18.2. The number of nitrogens with one attached hydrogen (secondary N) is 1. The molecule has 0 radical (unpaired) electrons. The third-order valence-corrected chi connectivity index (χ3v) is 3.36. The smallest absolute Gasteiger partial charge is 0.225 e. The molecule has 0 heterocycles. The molecule has 4 heteroatoms. The van der Waals surface area contributed by atoms with Crippen molar-refractivity contribution in [3.05, 3.63) is 65.7 Å². The fourth-order valence-corrected chi connectivity index (χ4v) is 2.30. The zero-order valence-electron chi connectivity index (χ0n) is 12.6. The Morgan fingerprint density at radius 3 is 2.36 bits per heavy atom. The van der Waals surface area contributed by atoms with Crippen molar-refractivity contribution in [2.75, 3.05) is 11.9 Å². The van der Waals surface area contributed by atoms with Gasteiger partial charge in [0, 0.05) is 18.7 Å². The first-order chi connectivity index (χ1) is 10.3. The van der Waals surface area contributed by atoms with Crippen molar-refractivity contribution in [3.63, 3.8) is 0 Å². The number of anilines is 1. The summed E-state index contributed by atoms with van der Waals surface area (Å²) in [6.45, 7) is 0.378. The third kappa shape index (κ3) is 6.29. The molecule has 0 unspecified atom stereocenters. The van der Waals surface area contributed by atoms with Crippen molar-refractivity contribution < 1.29 is 4.79 Å². The van der Waals surface area contributed by atoms with E-state index in [4.69, 9.17) is 5.73 Å². The molecule has 1 amide bonds. The van der Waals surface area contributed by atoms with Crippen LogP contribution in [0.1, 0.15) is 24.0 Å². The molecule has 0 aliphatic rings. The van der Waals surface area contributed by atoms with Gasteiger partial charge in [0.2, 0.25) is 5.91 Å². The number of hydrogen-bond donors (Lipinski definition) is 2. The van der Waals surface area contributed by atoms with Crippen molar-refractivity contribution in [1.82, 2.24) is 0 Å². The zero-order chi connectivity index (χ0) is 14.9. The van der Waals surface area contributed by atoms with E-state index in [-0.39, 0.29) is 18.3 Å². The highest BCUT2D eigenvalue weighted by molar-refractivity contribution is 5.90. The summed E-state index contributed by atoms with van der Waals surface area (Å²) in [5.41, 5.74) is 8.84. The summed E-state index contributed by atoms with van der Waals surface area (Å²) in [6, 6.07) is 18.5. The molecule has 0 fully saturated rings. The second-order valence-corrected chi connectivity index (χ2v) is 5.13. The maximum atomic E-state index is 11.5. The molecule has 0 spiro atoms. The number of benzene rings is 2. The summed E-state index contributed by atoms with van der Waals surface area (Å²) < 4.78 is 0. The number of carbonyl (C=O) groups excluding carboxylic acids is 1. The lowest BCUT2D eigenvalue weighted by Crippen LogP contribution is -2.16. The van der Waals surface area contributed by atoms with Gasteiger partial charge in [0.25, 0.3) is 0 Å². The lowest BCUT2D eigenvalue weighted by atomic mass is 10.0. The molecule has 3 nitrogen and oxygen atoms in total. The summed E-state index contributed by atoms with van der Waals surface area (Å²) in [5, 5.41) is 2.87. The maximum Gasteiger partial charge on any atom is 0.225 e. The molecule has 0 aliphatic heterocycles. The van der Waals surface area contributed by atoms with Gasteiger partial charge in [-0.25, -0.2) is 0 Å². The Labute approximate surface area is 138 Å². The monoisotopic (exact) mass is 318 g/mol. The van der Waals surface area contributed by atoms with Crippen LogP contribution in [0, 0.1) is 0 Å². The Hall–Kier alpha value is -1.84. The number of hydrogen-bond acceptors (Lipinski definition) is 2. The van der Waals surface area contributed by atoms with Crippen molar-refractivity contribution in [1.29, 1.82) is 0 Å². The minimum absolute atomic E-state index is 0. The SMILES string of the molecule is Cl.NCCC(=O)Nc1cccc(CCCc2ccccc2)c1. The van der Waals surface area contributed by atoms with Crippen LogP contribution in [-0.4, -0.2) is 12.5 Å². The molecule has 118 valence electrons. The normalized spacial score (nSPS) is 9.86. The number of halogens is 1. The molecule has 0 saturated heterocycles. The zero-order valence-corrected chi connectivity index (χ0v) is 13.4. The van der Waals surface area contributed by atoms with E-state index in [9.17, 15) is 4.79 Å². The van der Waals surface area contributed by atoms with Crippen LogP contribution in [0.5, 0.6) is 0 Å². The van der Waals surface area contributed by atoms with Crippen LogP contribution < -0.4 is 11.1 Å². The van der Waals surface area contributed by atoms with Crippen LogP contribution in [0.3, 0.4) is 0 Å². The molecule has 0 bridgehead atoms.